The van der Waals surface area contributed by atoms with Crippen LogP contribution in [-0.2, 0) is 6.42 Å². The van der Waals surface area contributed by atoms with Crippen LogP contribution < -0.4 is 0 Å². The van der Waals surface area contributed by atoms with Crippen LogP contribution in [0.1, 0.15) is 11.1 Å². The Labute approximate surface area is 140 Å². The molecule has 1 aromatic heterocycles. The number of hydrogen-bond donors (Lipinski definition) is 0. The Balaban J connectivity index is 1.69. The van der Waals surface area contributed by atoms with E-state index >= 15 is 0 Å². The number of hydrogen-bond acceptors (Lipinski definition) is 1. The van der Waals surface area contributed by atoms with Gasteiger partial charge in [-0.15, -0.1) is 0 Å². The fourth-order valence-corrected chi connectivity index (χ4v) is 3.49. The van der Waals surface area contributed by atoms with Crippen molar-refractivity contribution in [3.8, 4) is 0 Å². The summed E-state index contributed by atoms with van der Waals surface area (Å²) < 4.78 is 6.24. The minimum Gasteiger partial charge on any atom is -0.455 e. The number of fused-ring (bicyclic) bond motifs is 5. The van der Waals surface area contributed by atoms with E-state index in [0.717, 1.165) is 17.6 Å². The molecule has 5 rings (SSSR count). The van der Waals surface area contributed by atoms with E-state index in [1.165, 1.54) is 32.7 Å². The highest BCUT2D eigenvalue weighted by atomic mass is 16.3. The molecule has 0 aliphatic carbocycles. The van der Waals surface area contributed by atoms with Gasteiger partial charge in [0.05, 0.1) is 0 Å². The molecule has 0 bridgehead atoms. The highest BCUT2D eigenvalue weighted by Gasteiger charge is 2.10. The van der Waals surface area contributed by atoms with Crippen LogP contribution in [0.4, 0.5) is 0 Å². The van der Waals surface area contributed by atoms with E-state index in [2.05, 4.69) is 84.9 Å². The van der Waals surface area contributed by atoms with Crippen LogP contribution in [0, 0.1) is 0 Å². The number of furan rings is 1. The molecular weight excluding hydrogens is 292 g/mol. The lowest BCUT2D eigenvalue weighted by molar-refractivity contribution is 0.672. The first-order chi connectivity index (χ1) is 11.9. The van der Waals surface area contributed by atoms with Gasteiger partial charge in [-0.2, -0.15) is 0 Å². The fourth-order valence-electron chi connectivity index (χ4n) is 3.49. The number of rotatable bonds is 2. The molecule has 0 aliphatic heterocycles. The highest BCUT2D eigenvalue weighted by molar-refractivity contribution is 6.14. The molecule has 0 aliphatic rings. The summed E-state index contributed by atoms with van der Waals surface area (Å²) in [6, 6.07) is 29.8. The van der Waals surface area contributed by atoms with E-state index in [-0.39, 0.29) is 0 Å². The van der Waals surface area contributed by atoms with Crippen LogP contribution in [-0.4, -0.2) is 0 Å². The van der Waals surface area contributed by atoms with Gasteiger partial charge in [0, 0.05) is 16.2 Å². The molecule has 1 heterocycles. The van der Waals surface area contributed by atoms with Gasteiger partial charge < -0.3 is 4.42 Å². The minimum atomic E-state index is 0.925. The van der Waals surface area contributed by atoms with Gasteiger partial charge in [0.15, 0.2) is 0 Å². The SMILES string of the molecule is c1ccc(Cc2ccc3c(c2)oc2c4ccccc4ccc32)cc1. The van der Waals surface area contributed by atoms with Crippen LogP contribution in [0.25, 0.3) is 32.7 Å². The molecule has 1 nitrogen and oxygen atoms in total. The van der Waals surface area contributed by atoms with E-state index in [9.17, 15) is 0 Å². The highest BCUT2D eigenvalue weighted by Crippen LogP contribution is 2.34. The average Bonchev–Trinajstić information content (AvgIpc) is 3.01. The maximum Gasteiger partial charge on any atom is 0.143 e. The molecule has 24 heavy (non-hydrogen) atoms. The van der Waals surface area contributed by atoms with Gasteiger partial charge in [-0.1, -0.05) is 72.8 Å². The van der Waals surface area contributed by atoms with E-state index < -0.39 is 0 Å². The summed E-state index contributed by atoms with van der Waals surface area (Å²) in [4.78, 5) is 0. The molecule has 4 aromatic carbocycles. The zero-order chi connectivity index (χ0) is 15.9. The molecule has 5 aromatic rings. The van der Waals surface area contributed by atoms with Gasteiger partial charge in [-0.3, -0.25) is 0 Å². The van der Waals surface area contributed by atoms with Crippen molar-refractivity contribution in [3.63, 3.8) is 0 Å². The summed E-state index contributed by atoms with van der Waals surface area (Å²) in [6.45, 7) is 0. The predicted molar refractivity (Wildman–Crippen MR) is 100 cm³/mol. The Kier molecular flexibility index (Phi) is 2.92. The molecule has 0 N–H and O–H groups in total. The van der Waals surface area contributed by atoms with Crippen molar-refractivity contribution < 1.29 is 4.42 Å². The maximum absolute atomic E-state index is 6.24. The molecule has 0 saturated carbocycles. The molecule has 114 valence electrons. The van der Waals surface area contributed by atoms with Crippen LogP contribution in [0.3, 0.4) is 0 Å². The monoisotopic (exact) mass is 308 g/mol. The lowest BCUT2D eigenvalue weighted by atomic mass is 10.0. The van der Waals surface area contributed by atoms with Crippen molar-refractivity contribution in [3.05, 3.63) is 96.1 Å². The Morgan fingerprint density at radius 3 is 2.29 bits per heavy atom. The molecule has 0 spiro atoms. The molecule has 0 atom stereocenters. The Morgan fingerprint density at radius 1 is 0.583 bits per heavy atom. The van der Waals surface area contributed by atoms with Crippen LogP contribution in [0.15, 0.2) is 89.3 Å². The topological polar surface area (TPSA) is 13.1 Å². The average molecular weight is 308 g/mol. The van der Waals surface area contributed by atoms with Gasteiger partial charge >= 0.3 is 0 Å². The first-order valence-electron chi connectivity index (χ1n) is 8.25. The predicted octanol–water partition coefficient (Wildman–Crippen LogP) is 6.33. The third-order valence-corrected chi connectivity index (χ3v) is 4.68. The summed E-state index contributed by atoms with van der Waals surface area (Å²) in [5, 5.41) is 4.77. The van der Waals surface area contributed by atoms with Crippen molar-refractivity contribution >= 4 is 32.7 Å². The van der Waals surface area contributed by atoms with Crippen molar-refractivity contribution in [1.29, 1.82) is 0 Å². The van der Waals surface area contributed by atoms with Gasteiger partial charge in [0.25, 0.3) is 0 Å². The van der Waals surface area contributed by atoms with Crippen molar-refractivity contribution in [2.75, 3.05) is 0 Å². The van der Waals surface area contributed by atoms with E-state index in [1.807, 2.05) is 0 Å². The van der Waals surface area contributed by atoms with E-state index in [4.69, 9.17) is 4.42 Å². The minimum absolute atomic E-state index is 0.925. The molecule has 0 radical (unpaired) electrons. The maximum atomic E-state index is 6.24. The second kappa shape index (κ2) is 5.24. The molecule has 0 fully saturated rings. The summed E-state index contributed by atoms with van der Waals surface area (Å²) in [5.41, 5.74) is 4.55. The smallest absolute Gasteiger partial charge is 0.143 e. The molecule has 0 unspecified atom stereocenters. The second-order valence-corrected chi connectivity index (χ2v) is 6.26. The summed E-state index contributed by atoms with van der Waals surface area (Å²) in [6.07, 6.45) is 0.925. The molecule has 0 amide bonds. The largest absolute Gasteiger partial charge is 0.455 e. The van der Waals surface area contributed by atoms with Crippen molar-refractivity contribution in [2.24, 2.45) is 0 Å². The van der Waals surface area contributed by atoms with Gasteiger partial charge in [0.1, 0.15) is 11.2 Å². The third-order valence-electron chi connectivity index (χ3n) is 4.68. The fraction of sp³-hybridized carbons (Fsp3) is 0.0435. The van der Waals surface area contributed by atoms with Crippen LogP contribution in [0.5, 0.6) is 0 Å². The quantitative estimate of drug-likeness (QED) is 0.371. The van der Waals surface area contributed by atoms with E-state index in [0.29, 0.717) is 0 Å². The van der Waals surface area contributed by atoms with Crippen molar-refractivity contribution in [2.45, 2.75) is 6.42 Å². The van der Waals surface area contributed by atoms with Crippen molar-refractivity contribution in [1.82, 2.24) is 0 Å². The Morgan fingerprint density at radius 2 is 1.38 bits per heavy atom. The normalized spacial score (nSPS) is 11.5. The number of benzene rings is 4. The standard InChI is InChI=1S/C23H16O/c1-2-6-16(7-3-1)14-17-10-12-20-21-13-11-18-8-4-5-9-19(18)23(21)24-22(20)15-17/h1-13,15H,14H2. The zero-order valence-corrected chi connectivity index (χ0v) is 13.2. The Hall–Kier alpha value is -3.06. The molecule has 0 saturated heterocycles. The second-order valence-electron chi connectivity index (χ2n) is 6.26. The summed E-state index contributed by atoms with van der Waals surface area (Å²) >= 11 is 0. The van der Waals surface area contributed by atoms with Gasteiger partial charge in [-0.25, -0.2) is 0 Å². The summed E-state index contributed by atoms with van der Waals surface area (Å²) in [5.74, 6) is 0. The Bertz CT molecular complexity index is 1170. The first-order valence-corrected chi connectivity index (χ1v) is 8.25. The molecular formula is C23H16O. The third kappa shape index (κ3) is 2.10. The molecule has 1 heteroatoms. The van der Waals surface area contributed by atoms with Crippen LogP contribution >= 0.6 is 0 Å². The lowest BCUT2D eigenvalue weighted by Gasteiger charge is -2.01. The zero-order valence-electron chi connectivity index (χ0n) is 13.2. The van der Waals surface area contributed by atoms with Gasteiger partial charge in [-0.05, 0) is 35.1 Å². The lowest BCUT2D eigenvalue weighted by Crippen LogP contribution is -1.86. The summed E-state index contributed by atoms with van der Waals surface area (Å²) in [7, 11) is 0. The van der Waals surface area contributed by atoms with Gasteiger partial charge in [0.2, 0.25) is 0 Å². The van der Waals surface area contributed by atoms with Crippen LogP contribution in [0.2, 0.25) is 0 Å². The van der Waals surface area contributed by atoms with E-state index in [1.54, 1.807) is 0 Å². The first kappa shape index (κ1) is 13.4.